The van der Waals surface area contributed by atoms with Crippen LogP contribution in [0.25, 0.3) is 0 Å². The molecule has 5 heteroatoms. The molecule has 0 radical (unpaired) electrons. The van der Waals surface area contributed by atoms with Crippen molar-refractivity contribution in [2.24, 2.45) is 0 Å². The van der Waals surface area contributed by atoms with Crippen LogP contribution in [0, 0.1) is 0 Å². The van der Waals surface area contributed by atoms with Gasteiger partial charge in [-0.15, -0.1) is 0 Å². The van der Waals surface area contributed by atoms with Crippen molar-refractivity contribution in [1.82, 2.24) is 10.2 Å². The van der Waals surface area contributed by atoms with E-state index in [4.69, 9.17) is 0 Å². The second-order valence-corrected chi connectivity index (χ2v) is 7.17. The van der Waals surface area contributed by atoms with Gasteiger partial charge in [0, 0.05) is 5.70 Å². The number of nitrogens with one attached hydrogen (secondary N) is 1. The minimum atomic E-state index is -0.745. The Kier molecular flexibility index (Phi) is 5.55. The van der Waals surface area contributed by atoms with Gasteiger partial charge < -0.3 is 5.32 Å². The molecular formula is C21H26N2O3. The molecule has 0 aromatic heterocycles. The third-order valence-electron chi connectivity index (χ3n) is 5.19. The maximum Gasteiger partial charge on any atom is 0.262 e. The summed E-state index contributed by atoms with van der Waals surface area (Å²) < 4.78 is 0. The third kappa shape index (κ3) is 3.57. The van der Waals surface area contributed by atoms with Crippen LogP contribution in [0.5, 0.6) is 0 Å². The molecule has 1 saturated heterocycles. The molecule has 2 aliphatic rings. The lowest BCUT2D eigenvalue weighted by Gasteiger charge is -2.29. The van der Waals surface area contributed by atoms with Crippen LogP contribution in [0.3, 0.4) is 0 Å². The fourth-order valence-corrected chi connectivity index (χ4v) is 3.69. The van der Waals surface area contributed by atoms with Gasteiger partial charge in [-0.25, -0.2) is 0 Å². The van der Waals surface area contributed by atoms with Crippen LogP contribution in [-0.2, 0) is 11.2 Å². The van der Waals surface area contributed by atoms with E-state index in [2.05, 4.69) is 18.8 Å². The van der Waals surface area contributed by atoms with Crippen LogP contribution in [-0.4, -0.2) is 28.7 Å². The molecule has 1 fully saturated rings. The van der Waals surface area contributed by atoms with Crippen molar-refractivity contribution >= 4 is 17.7 Å². The highest BCUT2D eigenvalue weighted by molar-refractivity contribution is 6.23. The van der Waals surface area contributed by atoms with E-state index >= 15 is 0 Å². The summed E-state index contributed by atoms with van der Waals surface area (Å²) in [5.41, 5.74) is 2.54. The highest BCUT2D eigenvalue weighted by Gasteiger charge is 2.43. The molecule has 3 rings (SSSR count). The number of hydrogen-bond donors (Lipinski definition) is 1. The summed E-state index contributed by atoms with van der Waals surface area (Å²) in [6.45, 7) is 5.93. The van der Waals surface area contributed by atoms with Crippen LogP contribution in [0.2, 0.25) is 0 Å². The lowest BCUT2D eigenvalue weighted by molar-refractivity contribution is -0.125. The Hall–Kier alpha value is -2.43. The van der Waals surface area contributed by atoms with E-state index in [1.165, 1.54) is 25.7 Å². The molecule has 1 N–H and O–H groups in total. The number of allylic oxidation sites excluding steroid dienone is 1. The standard InChI is InChI=1S/C21H26N2O3/c1-3-4-5-6-7-8-15-10-11-16-17(13-15)21(26)23(20(16)25)18-12-9-14(2)22-19(18)24/h10-11,13,18H,2-9,12H2,1H3,(H,22,24). The lowest BCUT2D eigenvalue weighted by Crippen LogP contribution is -2.51. The third-order valence-corrected chi connectivity index (χ3v) is 5.19. The van der Waals surface area contributed by atoms with Gasteiger partial charge in [0.1, 0.15) is 6.04 Å². The molecule has 3 amide bonds. The molecule has 1 aromatic carbocycles. The first kappa shape index (κ1) is 18.4. The zero-order valence-corrected chi connectivity index (χ0v) is 15.3. The maximum atomic E-state index is 12.8. The van der Waals surface area contributed by atoms with Crippen LogP contribution in [0.15, 0.2) is 30.5 Å². The van der Waals surface area contributed by atoms with Crippen molar-refractivity contribution in [2.45, 2.75) is 64.3 Å². The van der Waals surface area contributed by atoms with Gasteiger partial charge in [-0.2, -0.15) is 0 Å². The first-order valence-electron chi connectivity index (χ1n) is 9.52. The predicted molar refractivity (Wildman–Crippen MR) is 99.7 cm³/mol. The Balaban J connectivity index is 1.71. The minimum absolute atomic E-state index is 0.327. The first-order valence-corrected chi connectivity index (χ1v) is 9.52. The maximum absolute atomic E-state index is 12.8. The quantitative estimate of drug-likeness (QED) is 0.601. The zero-order chi connectivity index (χ0) is 18.7. The number of imide groups is 1. The van der Waals surface area contributed by atoms with Crippen molar-refractivity contribution in [3.05, 3.63) is 47.2 Å². The number of amides is 3. The van der Waals surface area contributed by atoms with Crippen molar-refractivity contribution < 1.29 is 14.4 Å². The number of fused-ring (bicyclic) bond motifs is 1. The van der Waals surface area contributed by atoms with E-state index in [0.717, 1.165) is 23.3 Å². The van der Waals surface area contributed by atoms with Gasteiger partial charge >= 0.3 is 0 Å². The Morgan fingerprint density at radius 3 is 2.54 bits per heavy atom. The smallest absolute Gasteiger partial charge is 0.262 e. The average molecular weight is 354 g/mol. The van der Waals surface area contributed by atoms with Crippen molar-refractivity contribution in [2.75, 3.05) is 0 Å². The minimum Gasteiger partial charge on any atom is -0.329 e. The molecule has 0 bridgehead atoms. The van der Waals surface area contributed by atoms with Crippen molar-refractivity contribution in [1.29, 1.82) is 0 Å². The molecule has 2 heterocycles. The number of nitrogens with zero attached hydrogens (tertiary/aromatic N) is 1. The largest absolute Gasteiger partial charge is 0.329 e. The molecule has 2 aliphatic heterocycles. The number of hydrogen-bond acceptors (Lipinski definition) is 3. The van der Waals surface area contributed by atoms with Gasteiger partial charge in [-0.1, -0.05) is 45.3 Å². The normalized spacial score (nSPS) is 19.7. The number of rotatable bonds is 7. The lowest BCUT2D eigenvalue weighted by atomic mass is 10.0. The second-order valence-electron chi connectivity index (χ2n) is 7.17. The molecule has 1 aromatic rings. The molecule has 138 valence electrons. The van der Waals surface area contributed by atoms with E-state index < -0.39 is 6.04 Å². The zero-order valence-electron chi connectivity index (χ0n) is 15.3. The number of carbonyl (C=O) groups is 3. The van der Waals surface area contributed by atoms with Crippen LogP contribution < -0.4 is 5.32 Å². The topological polar surface area (TPSA) is 66.5 Å². The number of unbranched alkanes of at least 4 members (excludes halogenated alkanes) is 4. The molecule has 1 atom stereocenters. The van der Waals surface area contributed by atoms with E-state index in [9.17, 15) is 14.4 Å². The highest BCUT2D eigenvalue weighted by atomic mass is 16.2. The number of benzene rings is 1. The molecule has 5 nitrogen and oxygen atoms in total. The summed E-state index contributed by atoms with van der Waals surface area (Å²) in [5.74, 6) is -1.05. The van der Waals surface area contributed by atoms with E-state index in [-0.39, 0.29) is 17.7 Å². The van der Waals surface area contributed by atoms with Crippen LogP contribution in [0.4, 0.5) is 0 Å². The first-order chi connectivity index (χ1) is 12.5. The van der Waals surface area contributed by atoms with E-state index in [1.54, 1.807) is 6.07 Å². The molecule has 1 unspecified atom stereocenters. The summed E-state index contributed by atoms with van der Waals surface area (Å²) in [6, 6.07) is 4.74. The fraction of sp³-hybridized carbons (Fsp3) is 0.476. The second kappa shape index (κ2) is 7.85. The molecule has 26 heavy (non-hydrogen) atoms. The predicted octanol–water partition coefficient (Wildman–Crippen LogP) is 3.59. The molecule has 0 saturated carbocycles. The number of piperidine rings is 1. The van der Waals surface area contributed by atoms with Gasteiger partial charge in [0.15, 0.2) is 0 Å². The van der Waals surface area contributed by atoms with Gasteiger partial charge in [-0.3, -0.25) is 19.3 Å². The van der Waals surface area contributed by atoms with Gasteiger partial charge in [0.2, 0.25) is 5.91 Å². The highest BCUT2D eigenvalue weighted by Crippen LogP contribution is 2.29. The Bertz CT molecular complexity index is 754. The Labute approximate surface area is 154 Å². The summed E-state index contributed by atoms with van der Waals surface area (Å²) in [7, 11) is 0. The number of carbonyl (C=O) groups excluding carboxylic acids is 3. The molecular weight excluding hydrogens is 328 g/mol. The van der Waals surface area contributed by atoms with E-state index in [1.807, 2.05) is 12.1 Å². The Morgan fingerprint density at radius 2 is 1.81 bits per heavy atom. The van der Waals surface area contributed by atoms with Crippen molar-refractivity contribution in [3.63, 3.8) is 0 Å². The van der Waals surface area contributed by atoms with Crippen LogP contribution >= 0.6 is 0 Å². The van der Waals surface area contributed by atoms with Gasteiger partial charge in [-0.05, 0) is 43.4 Å². The van der Waals surface area contributed by atoms with Gasteiger partial charge in [0.25, 0.3) is 11.8 Å². The van der Waals surface area contributed by atoms with Gasteiger partial charge in [0.05, 0.1) is 11.1 Å². The summed E-state index contributed by atoms with van der Waals surface area (Å²) in [4.78, 5) is 38.8. The average Bonchev–Trinajstić information content (AvgIpc) is 2.86. The van der Waals surface area contributed by atoms with E-state index in [0.29, 0.717) is 29.7 Å². The summed E-state index contributed by atoms with van der Waals surface area (Å²) in [5, 5.41) is 2.65. The fourth-order valence-electron chi connectivity index (χ4n) is 3.69. The van der Waals surface area contributed by atoms with Crippen LogP contribution in [0.1, 0.15) is 78.1 Å². The SMILES string of the molecule is C=C1CCC(N2C(=O)c3ccc(CCCCCCC)cc3C2=O)C(=O)N1. The summed E-state index contributed by atoms with van der Waals surface area (Å²) >= 11 is 0. The summed E-state index contributed by atoms with van der Waals surface area (Å²) in [6.07, 6.45) is 7.87. The Morgan fingerprint density at radius 1 is 1.08 bits per heavy atom. The molecule has 0 spiro atoms. The van der Waals surface area contributed by atoms with Crippen molar-refractivity contribution in [3.8, 4) is 0 Å². The number of aryl methyl sites for hydroxylation is 1. The monoisotopic (exact) mass is 354 g/mol. The molecule has 0 aliphatic carbocycles.